The Labute approximate surface area is 179 Å². The summed E-state index contributed by atoms with van der Waals surface area (Å²) < 4.78 is 32.7. The Morgan fingerprint density at radius 3 is 2.37 bits per heavy atom. The van der Waals surface area contributed by atoms with Crippen molar-refractivity contribution < 1.29 is 13.2 Å². The summed E-state index contributed by atoms with van der Waals surface area (Å²) >= 11 is 0. The van der Waals surface area contributed by atoms with E-state index in [4.69, 9.17) is 4.74 Å². The number of para-hydroxylation sites is 1. The fourth-order valence-corrected chi connectivity index (χ4v) is 4.81. The van der Waals surface area contributed by atoms with Crippen LogP contribution in [0.4, 0.5) is 0 Å². The second-order valence-electron chi connectivity index (χ2n) is 7.12. The molecule has 8 heteroatoms. The molecule has 2 aromatic rings. The number of hydrogen-bond donors (Lipinski definition) is 2. The maximum absolute atomic E-state index is 12.7. The average Bonchev–Trinajstić information content (AvgIpc) is 2.80. The molecule has 0 aromatic heterocycles. The molecule has 0 unspecified atom stereocenters. The van der Waals surface area contributed by atoms with E-state index in [-0.39, 0.29) is 0 Å². The minimum atomic E-state index is -3.39. The SMILES string of the molecule is CN=C(NCCOc1ccccc1)NCc1ccc(S(=O)(=O)N2CCCCC2)cc1. The summed E-state index contributed by atoms with van der Waals surface area (Å²) in [5.41, 5.74) is 0.982. The molecule has 162 valence electrons. The van der Waals surface area contributed by atoms with Crippen LogP contribution in [0.5, 0.6) is 5.75 Å². The quantitative estimate of drug-likeness (QED) is 0.382. The van der Waals surface area contributed by atoms with Crippen molar-refractivity contribution in [3.8, 4) is 5.75 Å². The fourth-order valence-electron chi connectivity index (χ4n) is 3.30. The van der Waals surface area contributed by atoms with Crippen molar-refractivity contribution in [3.63, 3.8) is 0 Å². The molecule has 0 saturated carbocycles. The second-order valence-corrected chi connectivity index (χ2v) is 9.06. The van der Waals surface area contributed by atoms with Crippen LogP contribution < -0.4 is 15.4 Å². The van der Waals surface area contributed by atoms with Crippen LogP contribution >= 0.6 is 0 Å². The molecule has 0 atom stereocenters. The van der Waals surface area contributed by atoms with Gasteiger partial charge in [-0.3, -0.25) is 4.99 Å². The van der Waals surface area contributed by atoms with Gasteiger partial charge in [0.2, 0.25) is 10.0 Å². The van der Waals surface area contributed by atoms with E-state index in [0.717, 1.165) is 30.6 Å². The molecular weight excluding hydrogens is 400 g/mol. The molecule has 0 amide bonds. The average molecular weight is 431 g/mol. The smallest absolute Gasteiger partial charge is 0.243 e. The minimum Gasteiger partial charge on any atom is -0.492 e. The molecule has 30 heavy (non-hydrogen) atoms. The molecule has 2 aromatic carbocycles. The van der Waals surface area contributed by atoms with Gasteiger partial charge < -0.3 is 15.4 Å². The largest absolute Gasteiger partial charge is 0.492 e. The number of nitrogens with zero attached hydrogens (tertiary/aromatic N) is 2. The molecule has 1 aliphatic heterocycles. The van der Waals surface area contributed by atoms with E-state index in [9.17, 15) is 8.42 Å². The first-order chi connectivity index (χ1) is 14.6. The lowest BCUT2D eigenvalue weighted by atomic mass is 10.2. The van der Waals surface area contributed by atoms with Crippen LogP contribution in [-0.2, 0) is 16.6 Å². The van der Waals surface area contributed by atoms with Gasteiger partial charge in [0.25, 0.3) is 0 Å². The highest BCUT2D eigenvalue weighted by molar-refractivity contribution is 7.89. The monoisotopic (exact) mass is 430 g/mol. The van der Waals surface area contributed by atoms with Crippen LogP contribution in [0.2, 0.25) is 0 Å². The van der Waals surface area contributed by atoms with Gasteiger partial charge in [-0.15, -0.1) is 0 Å². The van der Waals surface area contributed by atoms with E-state index < -0.39 is 10.0 Å². The molecule has 0 bridgehead atoms. The van der Waals surface area contributed by atoms with Gasteiger partial charge in [0.15, 0.2) is 5.96 Å². The number of rotatable bonds is 8. The third-order valence-electron chi connectivity index (χ3n) is 4.97. The Morgan fingerprint density at radius 1 is 1.00 bits per heavy atom. The van der Waals surface area contributed by atoms with Gasteiger partial charge in [-0.1, -0.05) is 36.8 Å². The fraction of sp³-hybridized carbons (Fsp3) is 0.409. The highest BCUT2D eigenvalue weighted by Gasteiger charge is 2.25. The Kier molecular flexibility index (Phi) is 8.10. The van der Waals surface area contributed by atoms with Crippen LogP contribution in [0.1, 0.15) is 24.8 Å². The number of sulfonamides is 1. The highest BCUT2D eigenvalue weighted by Crippen LogP contribution is 2.20. The van der Waals surface area contributed by atoms with E-state index in [1.165, 1.54) is 0 Å². The van der Waals surface area contributed by atoms with Crippen molar-refractivity contribution >= 4 is 16.0 Å². The topological polar surface area (TPSA) is 83.0 Å². The highest BCUT2D eigenvalue weighted by atomic mass is 32.2. The lowest BCUT2D eigenvalue weighted by molar-refractivity contribution is 0.322. The lowest BCUT2D eigenvalue weighted by Crippen LogP contribution is -2.38. The summed E-state index contributed by atoms with van der Waals surface area (Å²) in [6.07, 6.45) is 2.97. The van der Waals surface area contributed by atoms with E-state index in [1.54, 1.807) is 23.5 Å². The number of aliphatic imine (C=N–C) groups is 1. The number of hydrogen-bond acceptors (Lipinski definition) is 4. The van der Waals surface area contributed by atoms with Crippen molar-refractivity contribution in [3.05, 3.63) is 60.2 Å². The molecule has 7 nitrogen and oxygen atoms in total. The molecule has 3 rings (SSSR count). The maximum atomic E-state index is 12.7. The summed E-state index contributed by atoms with van der Waals surface area (Å²) in [5.74, 6) is 1.50. The molecule has 1 heterocycles. The van der Waals surface area contributed by atoms with Gasteiger partial charge in [-0.25, -0.2) is 8.42 Å². The molecule has 1 fully saturated rings. The van der Waals surface area contributed by atoms with Crippen LogP contribution in [0, 0.1) is 0 Å². The Morgan fingerprint density at radius 2 is 1.70 bits per heavy atom. The summed E-state index contributed by atoms with van der Waals surface area (Å²) in [7, 11) is -1.68. The van der Waals surface area contributed by atoms with E-state index in [0.29, 0.717) is 43.6 Å². The zero-order chi connectivity index (χ0) is 21.2. The lowest BCUT2D eigenvalue weighted by Gasteiger charge is -2.25. The van der Waals surface area contributed by atoms with Crippen LogP contribution in [0.3, 0.4) is 0 Å². The molecule has 0 radical (unpaired) electrons. The number of piperidine rings is 1. The molecule has 2 N–H and O–H groups in total. The van der Waals surface area contributed by atoms with Crippen molar-refractivity contribution in [2.24, 2.45) is 4.99 Å². The van der Waals surface area contributed by atoms with Crippen LogP contribution in [0.15, 0.2) is 64.5 Å². The Hall–Kier alpha value is -2.58. The van der Waals surface area contributed by atoms with Crippen molar-refractivity contribution in [2.45, 2.75) is 30.7 Å². The number of ether oxygens (including phenoxy) is 1. The van der Waals surface area contributed by atoms with Gasteiger partial charge in [-0.05, 0) is 42.7 Å². The maximum Gasteiger partial charge on any atom is 0.243 e. The van der Waals surface area contributed by atoms with Crippen LogP contribution in [-0.4, -0.2) is 52.0 Å². The van der Waals surface area contributed by atoms with Gasteiger partial charge in [0, 0.05) is 26.7 Å². The third-order valence-corrected chi connectivity index (χ3v) is 6.88. The van der Waals surface area contributed by atoms with Crippen LogP contribution in [0.25, 0.3) is 0 Å². The van der Waals surface area contributed by atoms with Crippen molar-refractivity contribution in [1.82, 2.24) is 14.9 Å². The molecule has 1 aliphatic rings. The number of benzene rings is 2. The first-order valence-corrected chi connectivity index (χ1v) is 11.7. The predicted octanol–water partition coefficient (Wildman–Crippen LogP) is 2.61. The number of guanidine groups is 1. The standard InChI is InChI=1S/C22H30N4O3S/c1-23-22(24-14-17-29-20-8-4-2-5-9-20)25-18-19-10-12-21(13-11-19)30(27,28)26-15-6-3-7-16-26/h2,4-5,8-13H,3,6-7,14-18H2,1H3,(H2,23,24,25). The Balaban J connectivity index is 1.45. The molecule has 0 aliphatic carbocycles. The number of nitrogens with one attached hydrogen (secondary N) is 2. The normalized spacial score (nSPS) is 15.6. The summed E-state index contributed by atoms with van der Waals surface area (Å²) in [6.45, 7) is 2.90. The molecule has 1 saturated heterocycles. The molecule has 0 spiro atoms. The first kappa shape index (κ1) is 22.1. The Bertz CT molecular complexity index is 909. The predicted molar refractivity (Wildman–Crippen MR) is 119 cm³/mol. The third kappa shape index (κ3) is 6.21. The van der Waals surface area contributed by atoms with Gasteiger partial charge in [0.05, 0.1) is 11.4 Å². The van der Waals surface area contributed by atoms with Gasteiger partial charge >= 0.3 is 0 Å². The summed E-state index contributed by atoms with van der Waals surface area (Å²) in [4.78, 5) is 4.56. The minimum absolute atomic E-state index is 0.355. The van der Waals surface area contributed by atoms with Gasteiger partial charge in [0.1, 0.15) is 12.4 Å². The summed E-state index contributed by atoms with van der Waals surface area (Å²) in [6, 6.07) is 16.7. The van der Waals surface area contributed by atoms with Crippen molar-refractivity contribution in [2.75, 3.05) is 33.3 Å². The zero-order valence-corrected chi connectivity index (χ0v) is 18.2. The first-order valence-electron chi connectivity index (χ1n) is 10.3. The van der Waals surface area contributed by atoms with Gasteiger partial charge in [-0.2, -0.15) is 4.31 Å². The van der Waals surface area contributed by atoms with E-state index in [1.807, 2.05) is 42.5 Å². The molecular formula is C22H30N4O3S. The van der Waals surface area contributed by atoms with E-state index in [2.05, 4.69) is 15.6 Å². The summed E-state index contributed by atoms with van der Waals surface area (Å²) in [5, 5.41) is 6.43. The van der Waals surface area contributed by atoms with E-state index >= 15 is 0 Å². The zero-order valence-electron chi connectivity index (χ0n) is 17.4. The van der Waals surface area contributed by atoms with Crippen molar-refractivity contribution in [1.29, 1.82) is 0 Å². The second kappa shape index (κ2) is 11.0.